The van der Waals surface area contributed by atoms with Gasteiger partial charge >= 0.3 is 0 Å². The highest BCUT2D eigenvalue weighted by atomic mass is 14.9. The van der Waals surface area contributed by atoms with Gasteiger partial charge in [0.05, 0.1) is 0 Å². The second-order valence-corrected chi connectivity index (χ2v) is 5.29. The van der Waals surface area contributed by atoms with E-state index in [1.165, 1.54) is 19.5 Å². The summed E-state index contributed by atoms with van der Waals surface area (Å²) in [4.78, 5) is 0. The van der Waals surface area contributed by atoms with Gasteiger partial charge in [-0.1, -0.05) is 20.8 Å². The molecule has 1 N–H and O–H groups in total. The molecule has 1 saturated carbocycles. The number of fused-ring (bicyclic) bond motifs is 1. The molecule has 0 bridgehead atoms. The molecular formula is C10H19N. The summed E-state index contributed by atoms with van der Waals surface area (Å²) in [5, 5.41) is 3.53. The monoisotopic (exact) mass is 153 g/mol. The van der Waals surface area contributed by atoms with Gasteiger partial charge in [-0.2, -0.15) is 0 Å². The van der Waals surface area contributed by atoms with E-state index in [9.17, 15) is 0 Å². The molecule has 3 atom stereocenters. The maximum atomic E-state index is 3.53. The minimum Gasteiger partial charge on any atom is -0.316 e. The van der Waals surface area contributed by atoms with Gasteiger partial charge in [0.25, 0.3) is 0 Å². The molecule has 2 aliphatic rings. The molecule has 0 aromatic carbocycles. The smallest absolute Gasteiger partial charge is 0.00126 e. The van der Waals surface area contributed by atoms with Crippen LogP contribution in [0.2, 0.25) is 0 Å². The lowest BCUT2D eigenvalue weighted by Crippen LogP contribution is -2.38. The van der Waals surface area contributed by atoms with Crippen LogP contribution in [0.5, 0.6) is 0 Å². The molecule has 2 rings (SSSR count). The molecule has 1 heterocycles. The number of rotatable bonds is 0. The fourth-order valence-corrected chi connectivity index (χ4v) is 2.52. The average Bonchev–Trinajstić information content (AvgIpc) is 2.60. The Kier molecular flexibility index (Phi) is 1.54. The Morgan fingerprint density at radius 1 is 1.18 bits per heavy atom. The van der Waals surface area contributed by atoms with E-state index < -0.39 is 0 Å². The van der Waals surface area contributed by atoms with E-state index in [4.69, 9.17) is 0 Å². The van der Waals surface area contributed by atoms with Gasteiger partial charge in [0.2, 0.25) is 0 Å². The van der Waals surface area contributed by atoms with Crippen molar-refractivity contribution in [2.45, 2.75) is 27.2 Å². The van der Waals surface area contributed by atoms with Crippen molar-refractivity contribution in [3.8, 4) is 0 Å². The third-order valence-corrected chi connectivity index (χ3v) is 3.38. The summed E-state index contributed by atoms with van der Waals surface area (Å²) in [6.07, 6.45) is 1.49. The first-order chi connectivity index (χ1) is 5.09. The van der Waals surface area contributed by atoms with Crippen LogP contribution >= 0.6 is 0 Å². The van der Waals surface area contributed by atoms with Crippen LogP contribution in [0.25, 0.3) is 0 Å². The molecular weight excluding hydrogens is 134 g/mol. The van der Waals surface area contributed by atoms with E-state index >= 15 is 0 Å². The van der Waals surface area contributed by atoms with Crippen molar-refractivity contribution < 1.29 is 0 Å². The van der Waals surface area contributed by atoms with Crippen LogP contribution in [0, 0.1) is 23.2 Å². The van der Waals surface area contributed by atoms with Gasteiger partial charge in [-0.15, -0.1) is 0 Å². The van der Waals surface area contributed by atoms with Crippen molar-refractivity contribution in [1.29, 1.82) is 0 Å². The molecule has 3 unspecified atom stereocenters. The Balaban J connectivity index is 2.03. The first-order valence-electron chi connectivity index (χ1n) is 4.80. The van der Waals surface area contributed by atoms with Crippen LogP contribution in [0.4, 0.5) is 0 Å². The zero-order chi connectivity index (χ0) is 8.06. The summed E-state index contributed by atoms with van der Waals surface area (Å²) in [6, 6.07) is 0. The minimum atomic E-state index is 0.521. The fraction of sp³-hybridized carbons (Fsp3) is 1.00. The van der Waals surface area contributed by atoms with Crippen molar-refractivity contribution in [3.63, 3.8) is 0 Å². The van der Waals surface area contributed by atoms with Gasteiger partial charge in [-0.05, 0) is 42.7 Å². The highest BCUT2D eigenvalue weighted by molar-refractivity contribution is 5.00. The van der Waals surface area contributed by atoms with Crippen molar-refractivity contribution >= 4 is 0 Å². The molecule has 1 aliphatic carbocycles. The fourth-order valence-electron chi connectivity index (χ4n) is 2.52. The van der Waals surface area contributed by atoms with Crippen LogP contribution in [0.15, 0.2) is 0 Å². The van der Waals surface area contributed by atoms with Crippen molar-refractivity contribution in [1.82, 2.24) is 5.32 Å². The van der Waals surface area contributed by atoms with Gasteiger partial charge in [-0.25, -0.2) is 0 Å². The third kappa shape index (κ3) is 1.31. The Bertz CT molecular complexity index is 157. The molecule has 0 radical (unpaired) electrons. The van der Waals surface area contributed by atoms with E-state index in [0.29, 0.717) is 5.41 Å². The molecule has 1 saturated heterocycles. The van der Waals surface area contributed by atoms with Crippen molar-refractivity contribution in [3.05, 3.63) is 0 Å². The summed E-state index contributed by atoms with van der Waals surface area (Å²) in [5.74, 6) is 3.03. The van der Waals surface area contributed by atoms with Crippen molar-refractivity contribution in [2.24, 2.45) is 23.2 Å². The molecule has 1 aliphatic heterocycles. The Morgan fingerprint density at radius 3 is 2.45 bits per heavy atom. The van der Waals surface area contributed by atoms with Crippen LogP contribution in [0.1, 0.15) is 27.2 Å². The lowest BCUT2D eigenvalue weighted by atomic mass is 9.76. The average molecular weight is 153 g/mol. The Hall–Kier alpha value is -0.0400. The highest BCUT2D eigenvalue weighted by Crippen LogP contribution is 2.51. The van der Waals surface area contributed by atoms with Gasteiger partial charge in [0.15, 0.2) is 0 Å². The molecule has 2 fully saturated rings. The minimum absolute atomic E-state index is 0.521. The van der Waals surface area contributed by atoms with Crippen LogP contribution in [-0.4, -0.2) is 13.1 Å². The zero-order valence-electron chi connectivity index (χ0n) is 7.85. The molecule has 0 spiro atoms. The number of hydrogen-bond acceptors (Lipinski definition) is 1. The van der Waals surface area contributed by atoms with E-state index in [1.807, 2.05) is 0 Å². The molecule has 1 nitrogen and oxygen atoms in total. The van der Waals surface area contributed by atoms with Gasteiger partial charge in [-0.3, -0.25) is 0 Å². The van der Waals surface area contributed by atoms with Crippen LogP contribution in [-0.2, 0) is 0 Å². The summed E-state index contributed by atoms with van der Waals surface area (Å²) in [5.41, 5.74) is 0.521. The third-order valence-electron chi connectivity index (χ3n) is 3.38. The van der Waals surface area contributed by atoms with E-state index in [1.54, 1.807) is 0 Å². The standard InChI is InChI=1S/C10H19N/c1-10(2,3)9-6-11-5-7-4-8(7)9/h7-9,11H,4-6H2,1-3H3. The predicted octanol–water partition coefficient (Wildman–Crippen LogP) is 1.89. The zero-order valence-corrected chi connectivity index (χ0v) is 7.85. The Labute approximate surface area is 69.6 Å². The molecule has 64 valence electrons. The summed E-state index contributed by atoms with van der Waals surface area (Å²) in [7, 11) is 0. The number of hydrogen-bond donors (Lipinski definition) is 1. The summed E-state index contributed by atoms with van der Waals surface area (Å²) < 4.78 is 0. The lowest BCUT2D eigenvalue weighted by Gasteiger charge is -2.34. The molecule has 1 heteroatoms. The van der Waals surface area contributed by atoms with Crippen LogP contribution < -0.4 is 5.32 Å². The molecule has 0 aromatic heterocycles. The quantitative estimate of drug-likeness (QED) is 0.560. The SMILES string of the molecule is CC(C)(C)C1CNCC2CC21. The van der Waals surface area contributed by atoms with E-state index in [0.717, 1.165) is 17.8 Å². The predicted molar refractivity (Wildman–Crippen MR) is 47.4 cm³/mol. The maximum Gasteiger partial charge on any atom is -0.00126 e. The molecule has 11 heavy (non-hydrogen) atoms. The van der Waals surface area contributed by atoms with Crippen molar-refractivity contribution in [2.75, 3.05) is 13.1 Å². The summed E-state index contributed by atoms with van der Waals surface area (Å²) >= 11 is 0. The van der Waals surface area contributed by atoms with E-state index in [2.05, 4.69) is 26.1 Å². The van der Waals surface area contributed by atoms with Crippen LogP contribution in [0.3, 0.4) is 0 Å². The number of piperidine rings is 1. The maximum absolute atomic E-state index is 3.53. The largest absolute Gasteiger partial charge is 0.316 e. The molecule has 0 amide bonds. The second kappa shape index (κ2) is 2.22. The van der Waals surface area contributed by atoms with Gasteiger partial charge in [0, 0.05) is 0 Å². The first kappa shape index (κ1) is 7.60. The lowest BCUT2D eigenvalue weighted by molar-refractivity contribution is 0.177. The van der Waals surface area contributed by atoms with Gasteiger partial charge in [0.1, 0.15) is 0 Å². The first-order valence-corrected chi connectivity index (χ1v) is 4.80. The van der Waals surface area contributed by atoms with Gasteiger partial charge < -0.3 is 5.32 Å². The second-order valence-electron chi connectivity index (χ2n) is 5.29. The van der Waals surface area contributed by atoms with E-state index in [-0.39, 0.29) is 0 Å². The Morgan fingerprint density at radius 2 is 1.91 bits per heavy atom. The number of nitrogens with one attached hydrogen (secondary N) is 1. The molecule has 0 aromatic rings. The topological polar surface area (TPSA) is 12.0 Å². The summed E-state index contributed by atoms with van der Waals surface area (Å²) in [6.45, 7) is 9.67. The highest BCUT2D eigenvalue weighted by Gasteiger charge is 2.48. The normalized spacial score (nSPS) is 43.4.